The van der Waals surface area contributed by atoms with Gasteiger partial charge in [-0.15, -0.1) is 0 Å². The molecule has 1 aliphatic rings. The Morgan fingerprint density at radius 2 is 2.18 bits per heavy atom. The van der Waals surface area contributed by atoms with E-state index >= 15 is 0 Å². The van der Waals surface area contributed by atoms with Crippen LogP contribution in [0, 0.1) is 5.41 Å². The van der Waals surface area contributed by atoms with Crippen molar-refractivity contribution in [3.05, 3.63) is 12.3 Å². The molecule has 17 heavy (non-hydrogen) atoms. The Morgan fingerprint density at radius 1 is 1.47 bits per heavy atom. The number of likely N-dealkylation sites (tertiary alicyclic amines) is 1. The number of hydrogen-bond acceptors (Lipinski definition) is 2. The van der Waals surface area contributed by atoms with Gasteiger partial charge in [0.15, 0.2) is 0 Å². The molecule has 0 unspecified atom stereocenters. The molecule has 0 aromatic carbocycles. The van der Waals surface area contributed by atoms with Gasteiger partial charge in [-0.25, -0.2) is 4.99 Å². The van der Waals surface area contributed by atoms with Gasteiger partial charge in [-0.05, 0) is 19.8 Å². The Hall–Kier alpha value is -0.830. The van der Waals surface area contributed by atoms with Gasteiger partial charge in [0.05, 0.1) is 12.6 Å². The molecule has 1 atom stereocenters. The third-order valence-corrected chi connectivity index (χ3v) is 3.02. The van der Waals surface area contributed by atoms with Crippen molar-refractivity contribution in [2.75, 3.05) is 20.3 Å². The molecule has 1 heterocycles. The smallest absolute Gasteiger partial charge is 0.110 e. The normalized spacial score (nSPS) is 22.8. The summed E-state index contributed by atoms with van der Waals surface area (Å²) >= 11 is 0. The van der Waals surface area contributed by atoms with Crippen molar-refractivity contribution in [2.24, 2.45) is 10.4 Å². The number of nitrogens with zero attached hydrogens (tertiary/aromatic N) is 2. The van der Waals surface area contributed by atoms with Gasteiger partial charge in [0.1, 0.15) is 5.84 Å². The Bertz CT molecular complexity index is 289. The predicted molar refractivity (Wildman–Crippen MR) is 73.3 cm³/mol. The van der Waals surface area contributed by atoms with Gasteiger partial charge in [0.2, 0.25) is 0 Å². The van der Waals surface area contributed by atoms with Crippen LogP contribution in [0.15, 0.2) is 17.3 Å². The molecule has 0 bridgehead atoms. The van der Waals surface area contributed by atoms with Crippen LogP contribution in [0.1, 0.15) is 40.5 Å². The summed E-state index contributed by atoms with van der Waals surface area (Å²) in [5, 5.41) is 0. The van der Waals surface area contributed by atoms with E-state index in [2.05, 4.69) is 30.7 Å². The van der Waals surface area contributed by atoms with Gasteiger partial charge in [0, 0.05) is 25.3 Å². The lowest BCUT2D eigenvalue weighted by Gasteiger charge is -2.34. The first kappa shape index (κ1) is 14.2. The summed E-state index contributed by atoms with van der Waals surface area (Å²) in [6.45, 7) is 10.6. The summed E-state index contributed by atoms with van der Waals surface area (Å²) in [5.74, 6) is 1.18. The van der Waals surface area contributed by atoms with Crippen LogP contribution in [0.5, 0.6) is 0 Å². The highest BCUT2D eigenvalue weighted by Gasteiger charge is 2.32. The van der Waals surface area contributed by atoms with Crippen molar-refractivity contribution < 1.29 is 4.74 Å². The summed E-state index contributed by atoms with van der Waals surface area (Å²) in [4.78, 5) is 7.05. The molecule has 0 saturated carbocycles. The zero-order valence-electron chi connectivity index (χ0n) is 11.9. The highest BCUT2D eigenvalue weighted by Crippen LogP contribution is 2.26. The van der Waals surface area contributed by atoms with Crippen molar-refractivity contribution in [1.82, 2.24) is 4.90 Å². The molecule has 0 N–H and O–H groups in total. The molecule has 3 heteroatoms. The first-order valence-corrected chi connectivity index (χ1v) is 6.45. The second-order valence-electron chi connectivity index (χ2n) is 5.63. The maximum absolute atomic E-state index is 5.31. The summed E-state index contributed by atoms with van der Waals surface area (Å²) < 4.78 is 5.31. The molecule has 0 amide bonds. The number of ether oxygens (including phenoxy) is 1. The van der Waals surface area contributed by atoms with Crippen LogP contribution in [0.2, 0.25) is 0 Å². The first-order chi connectivity index (χ1) is 8.00. The van der Waals surface area contributed by atoms with E-state index in [-0.39, 0.29) is 5.41 Å². The quantitative estimate of drug-likeness (QED) is 0.557. The van der Waals surface area contributed by atoms with E-state index in [1.165, 1.54) is 18.7 Å². The van der Waals surface area contributed by atoms with Crippen LogP contribution in [0.3, 0.4) is 0 Å². The lowest BCUT2D eigenvalue weighted by molar-refractivity contribution is 0.141. The SMILES string of the molecule is C/C=C\N=C(N1CCC[C@H]1COC)C(C)(C)C. The summed E-state index contributed by atoms with van der Waals surface area (Å²) in [6, 6.07) is 0.489. The van der Waals surface area contributed by atoms with E-state index in [1.807, 2.05) is 19.2 Å². The molecular weight excluding hydrogens is 212 g/mol. The molecular formula is C14H26N2O. The highest BCUT2D eigenvalue weighted by molar-refractivity contribution is 5.88. The average Bonchev–Trinajstić information content (AvgIpc) is 2.66. The van der Waals surface area contributed by atoms with E-state index in [1.54, 1.807) is 7.11 Å². The molecule has 1 rings (SSSR count). The zero-order chi connectivity index (χ0) is 12.9. The number of rotatable bonds is 3. The molecule has 0 aromatic heterocycles. The second-order valence-corrected chi connectivity index (χ2v) is 5.63. The summed E-state index contributed by atoms with van der Waals surface area (Å²) in [7, 11) is 1.77. The third kappa shape index (κ3) is 3.84. The molecule has 0 aromatic rings. The molecule has 1 aliphatic heterocycles. The number of aliphatic imine (C=N–C) groups is 1. The Balaban J connectivity index is 2.90. The fourth-order valence-corrected chi connectivity index (χ4v) is 2.32. The third-order valence-electron chi connectivity index (χ3n) is 3.02. The molecule has 1 saturated heterocycles. The molecule has 1 fully saturated rings. The number of amidine groups is 1. The van der Waals surface area contributed by atoms with Crippen LogP contribution in [0.4, 0.5) is 0 Å². The van der Waals surface area contributed by atoms with Crippen LogP contribution >= 0.6 is 0 Å². The Morgan fingerprint density at radius 3 is 2.71 bits per heavy atom. The van der Waals surface area contributed by atoms with Gasteiger partial charge >= 0.3 is 0 Å². The van der Waals surface area contributed by atoms with E-state index in [0.717, 1.165) is 13.2 Å². The largest absolute Gasteiger partial charge is 0.383 e. The summed E-state index contributed by atoms with van der Waals surface area (Å²) in [6.07, 6.45) is 6.31. The van der Waals surface area contributed by atoms with Crippen molar-refractivity contribution >= 4 is 5.84 Å². The minimum Gasteiger partial charge on any atom is -0.383 e. The number of allylic oxidation sites excluding steroid dienone is 1. The lowest BCUT2D eigenvalue weighted by atomic mass is 9.93. The van der Waals surface area contributed by atoms with Gasteiger partial charge in [-0.3, -0.25) is 0 Å². The van der Waals surface area contributed by atoms with E-state index < -0.39 is 0 Å². The highest BCUT2D eigenvalue weighted by atomic mass is 16.5. The van der Waals surface area contributed by atoms with E-state index in [4.69, 9.17) is 4.74 Å². The van der Waals surface area contributed by atoms with Crippen molar-refractivity contribution in [3.8, 4) is 0 Å². The predicted octanol–water partition coefficient (Wildman–Crippen LogP) is 3.08. The van der Waals surface area contributed by atoms with Crippen LogP contribution in [-0.2, 0) is 4.74 Å². The maximum atomic E-state index is 5.31. The van der Waals surface area contributed by atoms with Gasteiger partial charge < -0.3 is 9.64 Å². The molecule has 0 radical (unpaired) electrons. The van der Waals surface area contributed by atoms with E-state index in [0.29, 0.717) is 6.04 Å². The minimum absolute atomic E-state index is 0.0792. The van der Waals surface area contributed by atoms with Gasteiger partial charge in [0.25, 0.3) is 0 Å². The van der Waals surface area contributed by atoms with Crippen molar-refractivity contribution in [2.45, 2.75) is 46.6 Å². The molecule has 0 aliphatic carbocycles. The number of methoxy groups -OCH3 is 1. The van der Waals surface area contributed by atoms with E-state index in [9.17, 15) is 0 Å². The molecule has 3 nitrogen and oxygen atoms in total. The zero-order valence-corrected chi connectivity index (χ0v) is 11.9. The van der Waals surface area contributed by atoms with Crippen LogP contribution in [-0.4, -0.2) is 37.0 Å². The number of hydrogen-bond donors (Lipinski definition) is 0. The fraction of sp³-hybridized carbons (Fsp3) is 0.786. The topological polar surface area (TPSA) is 24.8 Å². The molecule has 0 spiro atoms. The monoisotopic (exact) mass is 238 g/mol. The van der Waals surface area contributed by atoms with Crippen molar-refractivity contribution in [3.63, 3.8) is 0 Å². The first-order valence-electron chi connectivity index (χ1n) is 6.45. The Labute approximate surface area is 106 Å². The fourth-order valence-electron chi connectivity index (χ4n) is 2.32. The molecule has 98 valence electrons. The van der Waals surface area contributed by atoms with Crippen molar-refractivity contribution in [1.29, 1.82) is 0 Å². The standard InChI is InChI=1S/C14H26N2O/c1-6-9-15-13(14(2,3)4)16-10-7-8-12(16)11-17-5/h6,9,12H,7-8,10-11H2,1-5H3/b9-6-,15-13?/t12-/m0/s1. The maximum Gasteiger partial charge on any atom is 0.110 e. The second kappa shape index (κ2) is 6.20. The minimum atomic E-state index is 0.0792. The summed E-state index contributed by atoms with van der Waals surface area (Å²) in [5.41, 5.74) is 0.0792. The van der Waals surface area contributed by atoms with Crippen LogP contribution in [0.25, 0.3) is 0 Å². The lowest BCUT2D eigenvalue weighted by Crippen LogP contribution is -2.44. The van der Waals surface area contributed by atoms with Gasteiger partial charge in [-0.2, -0.15) is 0 Å². The van der Waals surface area contributed by atoms with Gasteiger partial charge in [-0.1, -0.05) is 26.8 Å². The average molecular weight is 238 g/mol. The van der Waals surface area contributed by atoms with Crippen LogP contribution < -0.4 is 0 Å². The Kier molecular flexibility index (Phi) is 5.19.